The SMILES string of the molecule is OC1CCCCC1CNCc1cccc(Br)c1. The van der Waals surface area contributed by atoms with Crippen LogP contribution < -0.4 is 5.32 Å². The zero-order chi connectivity index (χ0) is 12.1. The standard InChI is InChI=1S/C14H20BrNO/c15-13-6-3-4-11(8-13)9-16-10-12-5-1-2-7-14(12)17/h3-4,6,8,12,14,16-17H,1-2,5,7,9-10H2. The molecule has 94 valence electrons. The number of hydrogen-bond acceptors (Lipinski definition) is 2. The fourth-order valence-corrected chi connectivity index (χ4v) is 2.92. The molecule has 0 spiro atoms. The van der Waals surface area contributed by atoms with Gasteiger partial charge in [0.1, 0.15) is 0 Å². The molecule has 2 unspecified atom stereocenters. The maximum atomic E-state index is 9.86. The monoisotopic (exact) mass is 297 g/mol. The minimum atomic E-state index is -0.0984. The summed E-state index contributed by atoms with van der Waals surface area (Å²) >= 11 is 3.47. The van der Waals surface area contributed by atoms with E-state index in [1.165, 1.54) is 18.4 Å². The molecule has 1 saturated carbocycles. The van der Waals surface area contributed by atoms with Crippen LogP contribution >= 0.6 is 15.9 Å². The summed E-state index contributed by atoms with van der Waals surface area (Å²) < 4.78 is 1.12. The molecule has 0 saturated heterocycles. The Labute approximate surface area is 112 Å². The van der Waals surface area contributed by atoms with Crippen LogP contribution in [0.15, 0.2) is 28.7 Å². The summed E-state index contributed by atoms with van der Waals surface area (Å²) in [5, 5.41) is 13.3. The lowest BCUT2D eigenvalue weighted by Crippen LogP contribution is -2.33. The van der Waals surface area contributed by atoms with Gasteiger partial charge in [-0.2, -0.15) is 0 Å². The summed E-state index contributed by atoms with van der Waals surface area (Å²) in [7, 11) is 0. The number of halogens is 1. The maximum Gasteiger partial charge on any atom is 0.0580 e. The third-order valence-corrected chi connectivity index (χ3v) is 3.99. The Balaban J connectivity index is 1.75. The number of hydrogen-bond donors (Lipinski definition) is 2. The molecule has 2 N–H and O–H groups in total. The first-order valence-corrected chi connectivity index (χ1v) is 7.18. The van der Waals surface area contributed by atoms with Crippen LogP contribution in [0.2, 0.25) is 0 Å². The van der Waals surface area contributed by atoms with Crippen LogP contribution in [0.5, 0.6) is 0 Å². The highest BCUT2D eigenvalue weighted by Gasteiger charge is 2.22. The summed E-state index contributed by atoms with van der Waals surface area (Å²) in [5.41, 5.74) is 1.28. The average molecular weight is 298 g/mol. The minimum Gasteiger partial charge on any atom is -0.393 e. The molecule has 3 heteroatoms. The summed E-state index contributed by atoms with van der Waals surface area (Å²) in [6, 6.07) is 8.34. The summed E-state index contributed by atoms with van der Waals surface area (Å²) in [5.74, 6) is 0.441. The van der Waals surface area contributed by atoms with Crippen molar-refractivity contribution in [1.29, 1.82) is 0 Å². The van der Waals surface area contributed by atoms with Gasteiger partial charge in [-0.05, 0) is 36.5 Å². The second kappa shape index (κ2) is 6.53. The lowest BCUT2D eigenvalue weighted by molar-refractivity contribution is 0.0695. The normalized spacial score (nSPS) is 24.8. The van der Waals surface area contributed by atoms with Crippen LogP contribution in [0, 0.1) is 5.92 Å². The van der Waals surface area contributed by atoms with Crippen LogP contribution in [0.1, 0.15) is 31.2 Å². The second-order valence-corrected chi connectivity index (χ2v) is 5.79. The Bertz CT molecular complexity index is 356. The van der Waals surface area contributed by atoms with Crippen molar-refractivity contribution in [3.05, 3.63) is 34.3 Å². The molecule has 0 radical (unpaired) electrons. The highest BCUT2D eigenvalue weighted by Crippen LogP contribution is 2.23. The van der Waals surface area contributed by atoms with Crippen LogP contribution in [0.4, 0.5) is 0 Å². The van der Waals surface area contributed by atoms with Gasteiger partial charge in [-0.15, -0.1) is 0 Å². The Kier molecular flexibility index (Phi) is 5.01. The maximum absolute atomic E-state index is 9.86. The largest absolute Gasteiger partial charge is 0.393 e. The Hall–Kier alpha value is -0.380. The van der Waals surface area contributed by atoms with E-state index in [4.69, 9.17) is 0 Å². The Morgan fingerprint density at radius 2 is 2.12 bits per heavy atom. The molecular weight excluding hydrogens is 278 g/mol. The summed E-state index contributed by atoms with van der Waals surface area (Å²) in [6.07, 6.45) is 4.48. The molecule has 1 aromatic rings. The molecule has 1 aliphatic carbocycles. The first-order chi connectivity index (χ1) is 8.25. The predicted octanol–water partition coefficient (Wildman–Crippen LogP) is 3.09. The van der Waals surface area contributed by atoms with E-state index < -0.39 is 0 Å². The first-order valence-electron chi connectivity index (χ1n) is 6.39. The van der Waals surface area contributed by atoms with Gasteiger partial charge < -0.3 is 10.4 Å². The van der Waals surface area contributed by atoms with E-state index in [2.05, 4.69) is 39.4 Å². The van der Waals surface area contributed by atoms with E-state index in [1.807, 2.05) is 6.07 Å². The topological polar surface area (TPSA) is 32.3 Å². The molecule has 1 fully saturated rings. The molecule has 0 bridgehead atoms. The molecule has 0 amide bonds. The molecule has 2 nitrogen and oxygen atoms in total. The zero-order valence-electron chi connectivity index (χ0n) is 10.0. The predicted molar refractivity (Wildman–Crippen MR) is 73.8 cm³/mol. The van der Waals surface area contributed by atoms with Crippen LogP contribution in [0.3, 0.4) is 0 Å². The number of nitrogens with one attached hydrogen (secondary N) is 1. The fraction of sp³-hybridized carbons (Fsp3) is 0.571. The molecule has 0 aliphatic heterocycles. The van der Waals surface area contributed by atoms with E-state index in [0.29, 0.717) is 5.92 Å². The molecule has 0 heterocycles. The van der Waals surface area contributed by atoms with Gasteiger partial charge in [0.05, 0.1) is 6.10 Å². The smallest absolute Gasteiger partial charge is 0.0580 e. The second-order valence-electron chi connectivity index (χ2n) is 4.87. The molecule has 1 aromatic carbocycles. The first kappa shape index (κ1) is 13.1. The van der Waals surface area contributed by atoms with Gasteiger partial charge in [-0.3, -0.25) is 0 Å². The van der Waals surface area contributed by atoms with E-state index in [9.17, 15) is 5.11 Å². The van der Waals surface area contributed by atoms with Crippen molar-refractivity contribution in [1.82, 2.24) is 5.32 Å². The van der Waals surface area contributed by atoms with Crippen molar-refractivity contribution in [3.63, 3.8) is 0 Å². The Morgan fingerprint density at radius 3 is 2.88 bits per heavy atom. The Morgan fingerprint density at radius 1 is 1.29 bits per heavy atom. The van der Waals surface area contributed by atoms with Crippen molar-refractivity contribution in [3.8, 4) is 0 Å². The molecule has 2 rings (SSSR count). The van der Waals surface area contributed by atoms with Gasteiger partial charge in [-0.1, -0.05) is 40.9 Å². The molecule has 0 aromatic heterocycles. The van der Waals surface area contributed by atoms with E-state index >= 15 is 0 Å². The van der Waals surface area contributed by atoms with Gasteiger partial charge in [0, 0.05) is 17.6 Å². The lowest BCUT2D eigenvalue weighted by atomic mass is 9.86. The van der Waals surface area contributed by atoms with Crippen molar-refractivity contribution >= 4 is 15.9 Å². The summed E-state index contributed by atoms with van der Waals surface area (Å²) in [4.78, 5) is 0. The van der Waals surface area contributed by atoms with E-state index in [-0.39, 0.29) is 6.10 Å². The van der Waals surface area contributed by atoms with Crippen molar-refractivity contribution in [2.75, 3.05) is 6.54 Å². The van der Waals surface area contributed by atoms with Crippen molar-refractivity contribution < 1.29 is 5.11 Å². The van der Waals surface area contributed by atoms with Crippen molar-refractivity contribution in [2.45, 2.75) is 38.3 Å². The lowest BCUT2D eigenvalue weighted by Gasteiger charge is -2.27. The van der Waals surface area contributed by atoms with Crippen LogP contribution in [0.25, 0.3) is 0 Å². The van der Waals surface area contributed by atoms with E-state index in [0.717, 1.165) is 30.4 Å². The highest BCUT2D eigenvalue weighted by molar-refractivity contribution is 9.10. The minimum absolute atomic E-state index is 0.0984. The fourth-order valence-electron chi connectivity index (χ4n) is 2.48. The van der Waals surface area contributed by atoms with Gasteiger partial charge in [0.2, 0.25) is 0 Å². The third-order valence-electron chi connectivity index (χ3n) is 3.49. The number of aliphatic hydroxyl groups is 1. The van der Waals surface area contributed by atoms with Gasteiger partial charge >= 0.3 is 0 Å². The van der Waals surface area contributed by atoms with Gasteiger partial charge in [0.25, 0.3) is 0 Å². The van der Waals surface area contributed by atoms with E-state index in [1.54, 1.807) is 0 Å². The number of benzene rings is 1. The third kappa shape index (κ3) is 4.09. The van der Waals surface area contributed by atoms with Crippen LogP contribution in [-0.4, -0.2) is 17.8 Å². The van der Waals surface area contributed by atoms with Gasteiger partial charge in [0.15, 0.2) is 0 Å². The van der Waals surface area contributed by atoms with Crippen LogP contribution in [-0.2, 0) is 6.54 Å². The molecule has 17 heavy (non-hydrogen) atoms. The average Bonchev–Trinajstić information content (AvgIpc) is 2.32. The molecule has 1 aliphatic rings. The molecule has 2 atom stereocenters. The molecular formula is C14H20BrNO. The van der Waals surface area contributed by atoms with Crippen molar-refractivity contribution in [2.24, 2.45) is 5.92 Å². The van der Waals surface area contributed by atoms with Gasteiger partial charge in [-0.25, -0.2) is 0 Å². The number of rotatable bonds is 4. The quantitative estimate of drug-likeness (QED) is 0.895. The highest BCUT2D eigenvalue weighted by atomic mass is 79.9. The number of aliphatic hydroxyl groups excluding tert-OH is 1. The zero-order valence-corrected chi connectivity index (χ0v) is 11.6. The summed E-state index contributed by atoms with van der Waals surface area (Å²) in [6.45, 7) is 1.80.